The molecule has 1 aliphatic heterocycles. The number of aromatic hydroxyl groups is 1. The third-order valence-electron chi connectivity index (χ3n) is 4.66. The molecule has 1 heterocycles. The van der Waals surface area contributed by atoms with Crippen LogP contribution in [-0.2, 0) is 0 Å². The van der Waals surface area contributed by atoms with Crippen molar-refractivity contribution in [3.63, 3.8) is 0 Å². The van der Waals surface area contributed by atoms with Crippen molar-refractivity contribution in [3.05, 3.63) is 23.8 Å². The molecule has 1 fully saturated rings. The number of piperazine rings is 1. The lowest BCUT2D eigenvalue weighted by Crippen LogP contribution is -2.45. The number of phenolic OH excluding ortho intramolecular Hbond substituents is 1. The summed E-state index contributed by atoms with van der Waals surface area (Å²) in [6.07, 6.45) is 2.23. The lowest BCUT2D eigenvalue weighted by atomic mass is 9.98. The second-order valence-electron chi connectivity index (χ2n) is 6.01. The highest BCUT2D eigenvalue weighted by molar-refractivity contribution is 5.85. The van der Waals surface area contributed by atoms with E-state index >= 15 is 0 Å². The maximum atomic E-state index is 10.6. The highest BCUT2D eigenvalue weighted by atomic mass is 35.5. The van der Waals surface area contributed by atoms with Crippen molar-refractivity contribution in [3.8, 4) is 5.75 Å². The van der Waals surface area contributed by atoms with Gasteiger partial charge in [-0.05, 0) is 26.3 Å². The van der Waals surface area contributed by atoms with E-state index in [1.165, 1.54) is 0 Å². The molecule has 6 heteroatoms. The Balaban J connectivity index is 0.00000264. The van der Waals surface area contributed by atoms with E-state index in [1.807, 2.05) is 6.07 Å². The van der Waals surface area contributed by atoms with Crippen LogP contribution in [0.3, 0.4) is 0 Å². The van der Waals surface area contributed by atoms with Gasteiger partial charge in [-0.25, -0.2) is 0 Å². The van der Waals surface area contributed by atoms with Gasteiger partial charge in [-0.2, -0.15) is 0 Å². The molecule has 1 saturated heterocycles. The summed E-state index contributed by atoms with van der Waals surface area (Å²) in [4.78, 5) is 4.77. The van der Waals surface area contributed by atoms with E-state index in [2.05, 4.69) is 48.0 Å². The fraction of sp³-hybridized carbons (Fsp3) is 0.667. The van der Waals surface area contributed by atoms with Gasteiger partial charge in [0.05, 0.1) is 0 Å². The smallest absolute Gasteiger partial charge is 0.122 e. The Morgan fingerprint density at radius 1 is 1.12 bits per heavy atom. The lowest BCUT2D eigenvalue weighted by molar-refractivity contribution is 0.162. The first-order valence-electron chi connectivity index (χ1n) is 8.73. The number of nitrogens with zero attached hydrogens (tertiary/aromatic N) is 2. The molecule has 0 aliphatic carbocycles. The number of phenols is 1. The molecule has 0 aromatic heterocycles. The lowest BCUT2D eigenvalue weighted by Gasteiger charge is -2.35. The molecule has 24 heavy (non-hydrogen) atoms. The van der Waals surface area contributed by atoms with Crippen LogP contribution in [0.25, 0.3) is 0 Å². The highest BCUT2D eigenvalue weighted by Crippen LogP contribution is 2.35. The van der Waals surface area contributed by atoms with Gasteiger partial charge in [-0.1, -0.05) is 19.4 Å². The van der Waals surface area contributed by atoms with E-state index in [1.54, 1.807) is 0 Å². The molecule has 4 nitrogen and oxygen atoms in total. The molecular weight excluding hydrogens is 345 g/mol. The van der Waals surface area contributed by atoms with Gasteiger partial charge in [-0.15, -0.1) is 24.8 Å². The van der Waals surface area contributed by atoms with E-state index < -0.39 is 0 Å². The number of benzene rings is 1. The zero-order chi connectivity index (χ0) is 15.9. The van der Waals surface area contributed by atoms with Gasteiger partial charge < -0.3 is 15.3 Å². The second-order valence-corrected chi connectivity index (χ2v) is 6.01. The SMILES string of the molecule is CCC[C@H](c1ccc(N(CC)CC)cc1O)N1CCNCC1.Cl.Cl. The van der Waals surface area contributed by atoms with Crippen LogP contribution < -0.4 is 10.2 Å². The van der Waals surface area contributed by atoms with Gasteiger partial charge in [-0.3, -0.25) is 4.90 Å². The summed E-state index contributed by atoms with van der Waals surface area (Å²) in [6, 6.07) is 6.56. The average molecular weight is 378 g/mol. The summed E-state index contributed by atoms with van der Waals surface area (Å²) in [6.45, 7) is 12.6. The van der Waals surface area contributed by atoms with E-state index in [9.17, 15) is 5.11 Å². The van der Waals surface area contributed by atoms with Gasteiger partial charge in [0.2, 0.25) is 0 Å². The summed E-state index contributed by atoms with van der Waals surface area (Å²) in [7, 11) is 0. The van der Waals surface area contributed by atoms with Gasteiger partial charge in [0.25, 0.3) is 0 Å². The molecule has 1 aromatic carbocycles. The first kappa shape index (κ1) is 23.3. The Bertz CT molecular complexity index is 464. The van der Waals surface area contributed by atoms with Crippen LogP contribution in [0.4, 0.5) is 5.69 Å². The van der Waals surface area contributed by atoms with Crippen LogP contribution in [0, 0.1) is 0 Å². The molecule has 0 amide bonds. The maximum Gasteiger partial charge on any atom is 0.122 e. The number of anilines is 1. The zero-order valence-electron chi connectivity index (χ0n) is 15.1. The summed E-state index contributed by atoms with van der Waals surface area (Å²) in [5.41, 5.74) is 2.20. The third kappa shape index (κ3) is 5.69. The highest BCUT2D eigenvalue weighted by Gasteiger charge is 2.24. The van der Waals surface area contributed by atoms with E-state index in [-0.39, 0.29) is 24.8 Å². The first-order valence-corrected chi connectivity index (χ1v) is 8.73. The Labute approximate surface area is 159 Å². The molecule has 1 atom stereocenters. The van der Waals surface area contributed by atoms with Gasteiger partial charge in [0, 0.05) is 62.6 Å². The summed E-state index contributed by atoms with van der Waals surface area (Å²) in [5.74, 6) is 0.446. The normalized spacial score (nSPS) is 16.0. The van der Waals surface area contributed by atoms with Gasteiger partial charge in [0.15, 0.2) is 0 Å². The molecule has 2 N–H and O–H groups in total. The molecule has 1 aromatic rings. The Hall–Kier alpha value is -0.680. The number of rotatable bonds is 7. The summed E-state index contributed by atoms with van der Waals surface area (Å²) in [5, 5.41) is 14.0. The van der Waals surface area contributed by atoms with Crippen molar-refractivity contribution in [2.75, 3.05) is 44.2 Å². The van der Waals surface area contributed by atoms with Crippen LogP contribution in [0.15, 0.2) is 18.2 Å². The number of halogens is 2. The third-order valence-corrected chi connectivity index (χ3v) is 4.66. The molecule has 0 bridgehead atoms. The quantitative estimate of drug-likeness (QED) is 0.757. The molecule has 140 valence electrons. The van der Waals surface area contributed by atoms with Gasteiger partial charge >= 0.3 is 0 Å². The summed E-state index contributed by atoms with van der Waals surface area (Å²) < 4.78 is 0. The predicted octanol–water partition coefficient (Wildman–Crippen LogP) is 3.83. The summed E-state index contributed by atoms with van der Waals surface area (Å²) >= 11 is 0. The van der Waals surface area contributed by atoms with Crippen LogP contribution in [-0.4, -0.2) is 49.3 Å². The zero-order valence-corrected chi connectivity index (χ0v) is 16.8. The minimum absolute atomic E-state index is 0. The minimum Gasteiger partial charge on any atom is -0.508 e. The largest absolute Gasteiger partial charge is 0.508 e. The van der Waals surface area contributed by atoms with E-state index in [0.29, 0.717) is 11.8 Å². The molecule has 1 aliphatic rings. The fourth-order valence-electron chi connectivity index (χ4n) is 3.40. The van der Waals surface area contributed by atoms with Crippen molar-refractivity contribution in [1.82, 2.24) is 10.2 Å². The van der Waals surface area contributed by atoms with Crippen molar-refractivity contribution in [2.24, 2.45) is 0 Å². The van der Waals surface area contributed by atoms with Crippen molar-refractivity contribution < 1.29 is 5.11 Å². The molecule has 0 radical (unpaired) electrons. The Morgan fingerprint density at radius 3 is 2.25 bits per heavy atom. The maximum absolute atomic E-state index is 10.6. The Morgan fingerprint density at radius 2 is 1.75 bits per heavy atom. The van der Waals surface area contributed by atoms with Crippen molar-refractivity contribution in [2.45, 2.75) is 39.7 Å². The number of hydrogen-bond acceptors (Lipinski definition) is 4. The number of nitrogens with one attached hydrogen (secondary N) is 1. The van der Waals surface area contributed by atoms with Crippen LogP contribution in [0.2, 0.25) is 0 Å². The topological polar surface area (TPSA) is 38.7 Å². The second kappa shape index (κ2) is 11.8. The molecule has 0 spiro atoms. The van der Waals surface area contributed by atoms with Crippen LogP contribution in [0.5, 0.6) is 5.75 Å². The van der Waals surface area contributed by atoms with E-state index in [4.69, 9.17) is 0 Å². The van der Waals surface area contributed by atoms with Crippen LogP contribution in [0.1, 0.15) is 45.2 Å². The predicted molar refractivity (Wildman–Crippen MR) is 108 cm³/mol. The monoisotopic (exact) mass is 377 g/mol. The molecule has 0 unspecified atom stereocenters. The Kier molecular flexibility index (Phi) is 11.5. The van der Waals surface area contributed by atoms with Crippen molar-refractivity contribution >= 4 is 30.5 Å². The molecule has 2 rings (SSSR count). The van der Waals surface area contributed by atoms with Crippen LogP contribution >= 0.6 is 24.8 Å². The van der Waals surface area contributed by atoms with Crippen molar-refractivity contribution in [1.29, 1.82) is 0 Å². The first-order chi connectivity index (χ1) is 10.7. The van der Waals surface area contributed by atoms with Gasteiger partial charge in [0.1, 0.15) is 5.75 Å². The average Bonchev–Trinajstić information content (AvgIpc) is 2.55. The standard InChI is InChI=1S/C18H31N3O.2ClH/c1-4-7-17(21-12-10-19-11-13-21)16-9-8-15(14-18(16)22)20(5-2)6-3;;/h8-9,14,17,19,22H,4-7,10-13H2,1-3H3;2*1H/t17-;;/m1../s1. The number of hydrogen-bond donors (Lipinski definition) is 2. The van der Waals surface area contributed by atoms with E-state index in [0.717, 1.165) is 63.4 Å². The molecule has 0 saturated carbocycles. The molecular formula is C18H33Cl2N3O. The minimum atomic E-state index is 0. The fourth-order valence-corrected chi connectivity index (χ4v) is 3.40.